The number of nitrogens with zero attached hydrogens (tertiary/aromatic N) is 3. The van der Waals surface area contributed by atoms with Crippen LogP contribution in [0.2, 0.25) is 0 Å². The van der Waals surface area contributed by atoms with Gasteiger partial charge in [0.1, 0.15) is 11.2 Å². The first-order chi connectivity index (χ1) is 16.0. The third kappa shape index (κ3) is 3.95. The molecule has 0 saturated carbocycles. The zero-order valence-corrected chi connectivity index (χ0v) is 19.0. The standard InChI is InChI=1S/C28H27N3O2/c1-19-10-12-22(13-11-19)24-23-9-6-15-29-25(23)27(32)31-16-14-20(2)17-30(28(33)26(24)31)18-21-7-4-3-5-8-21/h3-13,15,20H,14,16-18H2,1-2H3. The van der Waals surface area contributed by atoms with E-state index in [1.807, 2.05) is 78.6 Å². The zero-order valence-electron chi connectivity index (χ0n) is 19.0. The first kappa shape index (κ1) is 21.1. The molecular weight excluding hydrogens is 410 g/mol. The fourth-order valence-electron chi connectivity index (χ4n) is 4.71. The molecular formula is C28H27N3O2. The van der Waals surface area contributed by atoms with Crippen molar-refractivity contribution < 1.29 is 4.79 Å². The van der Waals surface area contributed by atoms with Gasteiger partial charge in [0.2, 0.25) is 0 Å². The Bertz CT molecular complexity index is 1370. The molecule has 0 aliphatic carbocycles. The van der Waals surface area contributed by atoms with Crippen LogP contribution in [0.4, 0.5) is 0 Å². The Hall–Kier alpha value is -3.73. The molecule has 2 aromatic carbocycles. The molecule has 0 spiro atoms. The maximum atomic E-state index is 14.1. The second kappa shape index (κ2) is 8.66. The van der Waals surface area contributed by atoms with Gasteiger partial charge >= 0.3 is 0 Å². The largest absolute Gasteiger partial charge is 0.333 e. The minimum Gasteiger partial charge on any atom is -0.333 e. The van der Waals surface area contributed by atoms with E-state index in [0.29, 0.717) is 30.8 Å². The lowest BCUT2D eigenvalue weighted by Gasteiger charge is -2.31. The number of aromatic nitrogens is 2. The second-order valence-corrected chi connectivity index (χ2v) is 9.01. The first-order valence-electron chi connectivity index (χ1n) is 11.4. The molecule has 1 unspecified atom stereocenters. The Morgan fingerprint density at radius 3 is 2.48 bits per heavy atom. The number of carbonyl (C=O) groups excluding carboxylic acids is 1. The molecule has 0 saturated heterocycles. The van der Waals surface area contributed by atoms with Gasteiger partial charge in [-0.25, -0.2) is 0 Å². The van der Waals surface area contributed by atoms with Gasteiger partial charge in [-0.05, 0) is 36.5 Å². The summed E-state index contributed by atoms with van der Waals surface area (Å²) in [6.07, 6.45) is 2.46. The predicted molar refractivity (Wildman–Crippen MR) is 131 cm³/mol. The molecule has 1 aliphatic heterocycles. The van der Waals surface area contributed by atoms with Crippen LogP contribution >= 0.6 is 0 Å². The average Bonchev–Trinajstić information content (AvgIpc) is 2.83. The van der Waals surface area contributed by atoms with Crippen LogP contribution in [0.1, 0.15) is 35.0 Å². The Balaban J connectivity index is 1.77. The molecule has 0 radical (unpaired) electrons. The van der Waals surface area contributed by atoms with Gasteiger partial charge in [-0.1, -0.05) is 73.2 Å². The van der Waals surface area contributed by atoms with Gasteiger partial charge in [-0.15, -0.1) is 0 Å². The number of amides is 1. The fraction of sp³-hybridized carbons (Fsp3) is 0.250. The zero-order chi connectivity index (χ0) is 22.9. The fourth-order valence-corrected chi connectivity index (χ4v) is 4.71. The number of fused-ring (bicyclic) bond motifs is 2. The number of benzene rings is 2. The molecule has 1 atom stereocenters. The summed E-state index contributed by atoms with van der Waals surface area (Å²) < 4.78 is 1.67. The topological polar surface area (TPSA) is 55.2 Å². The third-order valence-electron chi connectivity index (χ3n) is 6.46. The summed E-state index contributed by atoms with van der Waals surface area (Å²) in [5.74, 6) is 0.170. The summed E-state index contributed by atoms with van der Waals surface area (Å²) >= 11 is 0. The summed E-state index contributed by atoms with van der Waals surface area (Å²) in [6, 6.07) is 21.9. The van der Waals surface area contributed by atoms with E-state index >= 15 is 0 Å². The highest BCUT2D eigenvalue weighted by molar-refractivity contribution is 6.07. The number of aryl methyl sites for hydroxylation is 1. The smallest absolute Gasteiger partial charge is 0.277 e. The van der Waals surface area contributed by atoms with Gasteiger partial charge in [-0.3, -0.25) is 14.6 Å². The molecule has 0 N–H and O–H groups in total. The van der Waals surface area contributed by atoms with Gasteiger partial charge in [0, 0.05) is 36.8 Å². The summed E-state index contributed by atoms with van der Waals surface area (Å²) in [4.78, 5) is 34.0. The molecule has 166 valence electrons. The summed E-state index contributed by atoms with van der Waals surface area (Å²) in [7, 11) is 0. The SMILES string of the molecule is Cc1ccc(-c2c3n(c(=O)c4ncccc24)CCC(C)CN(Cc2ccccc2)C3=O)cc1. The maximum Gasteiger partial charge on any atom is 0.277 e. The summed E-state index contributed by atoms with van der Waals surface area (Å²) in [5.41, 5.74) is 4.60. The van der Waals surface area contributed by atoms with E-state index in [-0.39, 0.29) is 17.4 Å². The summed E-state index contributed by atoms with van der Waals surface area (Å²) in [6.45, 7) is 5.85. The van der Waals surface area contributed by atoms with Gasteiger partial charge in [0.15, 0.2) is 0 Å². The van der Waals surface area contributed by atoms with Crippen LogP contribution in [0.15, 0.2) is 77.7 Å². The molecule has 5 nitrogen and oxygen atoms in total. The van der Waals surface area contributed by atoms with Crippen LogP contribution in [0.25, 0.3) is 22.0 Å². The van der Waals surface area contributed by atoms with Crippen molar-refractivity contribution in [2.24, 2.45) is 5.92 Å². The van der Waals surface area contributed by atoms with Gasteiger partial charge in [0.05, 0.1) is 0 Å². The number of carbonyl (C=O) groups is 1. The molecule has 0 bridgehead atoms. The number of hydrogen-bond donors (Lipinski definition) is 0. The maximum absolute atomic E-state index is 14.1. The lowest BCUT2D eigenvalue weighted by atomic mass is 9.95. The molecule has 2 aromatic heterocycles. The number of hydrogen-bond acceptors (Lipinski definition) is 3. The van der Waals surface area contributed by atoms with Crippen LogP contribution in [0.5, 0.6) is 0 Å². The van der Waals surface area contributed by atoms with Crippen molar-refractivity contribution in [2.45, 2.75) is 33.4 Å². The molecule has 33 heavy (non-hydrogen) atoms. The molecule has 5 rings (SSSR count). The van der Waals surface area contributed by atoms with Crippen LogP contribution in [0.3, 0.4) is 0 Å². The van der Waals surface area contributed by atoms with Crippen molar-refractivity contribution in [3.05, 3.63) is 100 Å². The highest BCUT2D eigenvalue weighted by atomic mass is 16.2. The van der Waals surface area contributed by atoms with E-state index in [9.17, 15) is 9.59 Å². The van der Waals surface area contributed by atoms with Crippen LogP contribution in [-0.2, 0) is 13.1 Å². The van der Waals surface area contributed by atoms with Crippen molar-refractivity contribution in [2.75, 3.05) is 6.54 Å². The van der Waals surface area contributed by atoms with Crippen molar-refractivity contribution in [3.8, 4) is 11.1 Å². The lowest BCUT2D eigenvalue weighted by molar-refractivity contribution is 0.0687. The van der Waals surface area contributed by atoms with Crippen LogP contribution in [-0.4, -0.2) is 26.9 Å². The predicted octanol–water partition coefficient (Wildman–Crippen LogP) is 5.05. The van der Waals surface area contributed by atoms with Crippen molar-refractivity contribution in [1.29, 1.82) is 0 Å². The van der Waals surface area contributed by atoms with Crippen molar-refractivity contribution in [3.63, 3.8) is 0 Å². The number of pyridine rings is 2. The van der Waals surface area contributed by atoms with E-state index in [2.05, 4.69) is 11.9 Å². The average molecular weight is 438 g/mol. The van der Waals surface area contributed by atoms with E-state index in [0.717, 1.165) is 34.1 Å². The van der Waals surface area contributed by atoms with E-state index in [1.165, 1.54) is 0 Å². The Labute approximate surface area is 193 Å². The molecule has 5 heteroatoms. The van der Waals surface area contributed by atoms with Crippen LogP contribution < -0.4 is 5.56 Å². The molecule has 4 aromatic rings. The minimum absolute atomic E-state index is 0.108. The number of rotatable bonds is 3. The van der Waals surface area contributed by atoms with Crippen molar-refractivity contribution >= 4 is 16.8 Å². The van der Waals surface area contributed by atoms with E-state index in [4.69, 9.17) is 0 Å². The van der Waals surface area contributed by atoms with E-state index in [1.54, 1.807) is 10.8 Å². The first-order valence-corrected chi connectivity index (χ1v) is 11.4. The van der Waals surface area contributed by atoms with Gasteiger partial charge in [-0.2, -0.15) is 0 Å². The normalized spacial score (nSPS) is 16.4. The van der Waals surface area contributed by atoms with Crippen LogP contribution in [0, 0.1) is 12.8 Å². The summed E-state index contributed by atoms with van der Waals surface area (Å²) in [5, 5.41) is 0.722. The molecule has 1 amide bonds. The Kier molecular flexibility index (Phi) is 5.55. The highest BCUT2D eigenvalue weighted by Gasteiger charge is 2.30. The Morgan fingerprint density at radius 1 is 0.970 bits per heavy atom. The Morgan fingerprint density at radius 2 is 1.73 bits per heavy atom. The molecule has 0 fully saturated rings. The monoisotopic (exact) mass is 437 g/mol. The van der Waals surface area contributed by atoms with E-state index < -0.39 is 0 Å². The lowest BCUT2D eigenvalue weighted by Crippen LogP contribution is -2.41. The quantitative estimate of drug-likeness (QED) is 0.450. The van der Waals surface area contributed by atoms with Gasteiger partial charge in [0.25, 0.3) is 11.5 Å². The third-order valence-corrected chi connectivity index (χ3v) is 6.46. The molecule has 1 aliphatic rings. The minimum atomic E-state index is -0.196. The second-order valence-electron chi connectivity index (χ2n) is 9.01. The van der Waals surface area contributed by atoms with Crippen molar-refractivity contribution in [1.82, 2.24) is 14.5 Å². The highest BCUT2D eigenvalue weighted by Crippen LogP contribution is 2.33. The molecule has 3 heterocycles. The van der Waals surface area contributed by atoms with Gasteiger partial charge < -0.3 is 9.47 Å².